The molecule has 18 heavy (non-hydrogen) atoms. The van der Waals surface area contributed by atoms with Gasteiger partial charge in [-0.2, -0.15) is 0 Å². The molecule has 0 fully saturated rings. The van der Waals surface area contributed by atoms with Gasteiger partial charge < -0.3 is 5.11 Å². The van der Waals surface area contributed by atoms with Crippen LogP contribution in [0.2, 0.25) is 0 Å². The van der Waals surface area contributed by atoms with Gasteiger partial charge in [0.15, 0.2) is 30.9 Å². The molecular formula is C9H12F8O. The van der Waals surface area contributed by atoms with E-state index in [-0.39, 0.29) is 0 Å². The van der Waals surface area contributed by atoms with E-state index in [0.717, 1.165) is 0 Å². The lowest BCUT2D eigenvalue weighted by atomic mass is 10.0. The molecule has 0 radical (unpaired) electrons. The molecule has 0 saturated heterocycles. The fourth-order valence-electron chi connectivity index (χ4n) is 1.14. The molecule has 7 unspecified atom stereocenters. The van der Waals surface area contributed by atoms with Crippen LogP contribution in [0, 0.1) is 0 Å². The molecule has 7 atom stereocenters. The number of hydrogen-bond acceptors (Lipinski definition) is 1. The van der Waals surface area contributed by atoms with Gasteiger partial charge in [0.1, 0.15) is 6.17 Å². The fraction of sp³-hybridized carbons (Fsp3) is 1.00. The Labute approximate surface area is 97.8 Å². The van der Waals surface area contributed by atoms with E-state index in [0.29, 0.717) is 0 Å². The summed E-state index contributed by atoms with van der Waals surface area (Å²) in [4.78, 5) is 0. The minimum absolute atomic E-state index is 1.07. The molecule has 0 aromatic rings. The van der Waals surface area contributed by atoms with Crippen molar-refractivity contribution in [2.75, 3.05) is 6.67 Å². The standard InChI is InChI=1S/C9H12F8O/c10-2-1-3(11)4(12)5(13)6(14)7(15)8(16)9(17)18/h3-9,18H,1-2H2. The second-order valence-electron chi connectivity index (χ2n) is 3.59. The third-order valence-electron chi connectivity index (χ3n) is 2.21. The van der Waals surface area contributed by atoms with Crippen molar-refractivity contribution in [1.82, 2.24) is 0 Å². The molecule has 0 amide bonds. The van der Waals surface area contributed by atoms with Crippen molar-refractivity contribution in [3.8, 4) is 0 Å². The first-order chi connectivity index (χ1) is 8.23. The molecular weight excluding hydrogens is 276 g/mol. The Morgan fingerprint density at radius 2 is 1.06 bits per heavy atom. The average Bonchev–Trinajstić information content (AvgIpc) is 2.34. The van der Waals surface area contributed by atoms with Crippen LogP contribution in [0.4, 0.5) is 35.1 Å². The third-order valence-corrected chi connectivity index (χ3v) is 2.21. The first-order valence-electron chi connectivity index (χ1n) is 4.96. The van der Waals surface area contributed by atoms with Gasteiger partial charge in [-0.25, -0.2) is 30.7 Å². The SMILES string of the molecule is OC(F)C(F)C(F)C(F)C(F)C(F)C(F)CCF. The van der Waals surface area contributed by atoms with Gasteiger partial charge in [-0.1, -0.05) is 0 Å². The van der Waals surface area contributed by atoms with Crippen LogP contribution in [0.3, 0.4) is 0 Å². The number of alkyl halides is 8. The summed E-state index contributed by atoms with van der Waals surface area (Å²) in [5, 5.41) is 7.97. The largest absolute Gasteiger partial charge is 0.362 e. The maximum atomic E-state index is 12.9. The van der Waals surface area contributed by atoms with Crippen molar-refractivity contribution in [3.63, 3.8) is 0 Å². The van der Waals surface area contributed by atoms with E-state index in [1.165, 1.54) is 0 Å². The summed E-state index contributed by atoms with van der Waals surface area (Å²) in [6.45, 7) is -1.35. The van der Waals surface area contributed by atoms with Gasteiger partial charge in [-0.3, -0.25) is 4.39 Å². The zero-order valence-corrected chi connectivity index (χ0v) is 8.93. The van der Waals surface area contributed by atoms with Crippen LogP contribution in [-0.4, -0.2) is 55.2 Å². The second kappa shape index (κ2) is 7.75. The lowest BCUT2D eigenvalue weighted by Gasteiger charge is -2.24. The average molecular weight is 288 g/mol. The molecule has 0 aromatic heterocycles. The van der Waals surface area contributed by atoms with Crippen LogP contribution >= 0.6 is 0 Å². The third kappa shape index (κ3) is 4.58. The summed E-state index contributed by atoms with van der Waals surface area (Å²) in [7, 11) is 0. The summed E-state index contributed by atoms with van der Waals surface area (Å²) in [5.74, 6) is 0. The van der Waals surface area contributed by atoms with Gasteiger partial charge in [-0.05, 0) is 0 Å². The summed E-state index contributed by atoms with van der Waals surface area (Å²) < 4.78 is 100. The predicted molar refractivity (Wildman–Crippen MR) is 47.1 cm³/mol. The summed E-state index contributed by atoms with van der Waals surface area (Å²) in [6.07, 6.45) is -24.3. The van der Waals surface area contributed by atoms with Crippen LogP contribution in [-0.2, 0) is 0 Å². The zero-order chi connectivity index (χ0) is 14.5. The topological polar surface area (TPSA) is 20.2 Å². The monoisotopic (exact) mass is 288 g/mol. The Hall–Kier alpha value is -0.600. The van der Waals surface area contributed by atoms with Gasteiger partial charge >= 0.3 is 0 Å². The van der Waals surface area contributed by atoms with Gasteiger partial charge in [0.2, 0.25) is 6.36 Å². The number of rotatable bonds is 8. The number of aliphatic hydroxyl groups excluding tert-OH is 1. The molecule has 1 nitrogen and oxygen atoms in total. The molecule has 0 aliphatic rings. The van der Waals surface area contributed by atoms with Crippen LogP contribution < -0.4 is 0 Å². The number of aliphatic hydroxyl groups is 1. The molecule has 9 heteroatoms. The molecule has 0 saturated carbocycles. The lowest BCUT2D eigenvalue weighted by molar-refractivity contribution is -0.0908. The molecule has 0 bridgehead atoms. The Kier molecular flexibility index (Phi) is 7.49. The Morgan fingerprint density at radius 3 is 1.44 bits per heavy atom. The highest BCUT2D eigenvalue weighted by atomic mass is 19.2. The van der Waals surface area contributed by atoms with Crippen molar-refractivity contribution >= 4 is 0 Å². The smallest absolute Gasteiger partial charge is 0.231 e. The summed E-state index contributed by atoms with van der Waals surface area (Å²) >= 11 is 0. The second-order valence-corrected chi connectivity index (χ2v) is 3.59. The Balaban J connectivity index is 4.52. The lowest BCUT2D eigenvalue weighted by Crippen LogP contribution is -2.45. The first-order valence-corrected chi connectivity index (χ1v) is 4.96. The van der Waals surface area contributed by atoms with Crippen molar-refractivity contribution in [2.45, 2.75) is 49.8 Å². The molecule has 0 spiro atoms. The van der Waals surface area contributed by atoms with Gasteiger partial charge in [0.25, 0.3) is 0 Å². The van der Waals surface area contributed by atoms with E-state index in [1.807, 2.05) is 0 Å². The Morgan fingerprint density at radius 1 is 0.667 bits per heavy atom. The quantitative estimate of drug-likeness (QED) is 0.681. The molecule has 0 aromatic carbocycles. The minimum atomic E-state index is -3.52. The van der Waals surface area contributed by atoms with E-state index in [9.17, 15) is 35.1 Å². The van der Waals surface area contributed by atoms with Crippen molar-refractivity contribution in [2.24, 2.45) is 0 Å². The van der Waals surface area contributed by atoms with Gasteiger partial charge in [0, 0.05) is 6.42 Å². The molecule has 0 heterocycles. The maximum Gasteiger partial charge on any atom is 0.231 e. The van der Waals surface area contributed by atoms with Crippen LogP contribution in [0.15, 0.2) is 0 Å². The van der Waals surface area contributed by atoms with E-state index in [1.54, 1.807) is 0 Å². The van der Waals surface area contributed by atoms with Crippen molar-refractivity contribution in [3.05, 3.63) is 0 Å². The minimum Gasteiger partial charge on any atom is -0.362 e. The molecule has 0 aliphatic carbocycles. The highest BCUT2D eigenvalue weighted by Crippen LogP contribution is 2.26. The van der Waals surface area contributed by atoms with E-state index < -0.39 is 56.5 Å². The van der Waals surface area contributed by atoms with Crippen LogP contribution in [0.1, 0.15) is 6.42 Å². The fourth-order valence-corrected chi connectivity index (χ4v) is 1.14. The normalized spacial score (nSPS) is 23.8. The summed E-state index contributed by atoms with van der Waals surface area (Å²) in [5.41, 5.74) is 0. The van der Waals surface area contributed by atoms with Gasteiger partial charge in [0.05, 0.1) is 6.67 Å². The Bertz CT molecular complexity index is 229. The van der Waals surface area contributed by atoms with Crippen LogP contribution in [0.5, 0.6) is 0 Å². The van der Waals surface area contributed by atoms with E-state index >= 15 is 0 Å². The van der Waals surface area contributed by atoms with Gasteiger partial charge in [-0.15, -0.1) is 0 Å². The van der Waals surface area contributed by atoms with E-state index in [2.05, 4.69) is 0 Å². The highest BCUT2D eigenvalue weighted by molar-refractivity contribution is 4.89. The van der Waals surface area contributed by atoms with E-state index in [4.69, 9.17) is 5.11 Å². The predicted octanol–water partition coefficient (Wildman–Crippen LogP) is 2.66. The molecule has 1 N–H and O–H groups in total. The molecule has 0 rings (SSSR count). The number of hydrogen-bond donors (Lipinski definition) is 1. The number of halogens is 8. The van der Waals surface area contributed by atoms with Crippen LogP contribution in [0.25, 0.3) is 0 Å². The van der Waals surface area contributed by atoms with Crippen molar-refractivity contribution in [1.29, 1.82) is 0 Å². The summed E-state index contributed by atoms with van der Waals surface area (Å²) in [6, 6.07) is 0. The molecule has 110 valence electrons. The highest BCUT2D eigenvalue weighted by Gasteiger charge is 2.45. The first kappa shape index (κ1) is 17.4. The van der Waals surface area contributed by atoms with Crippen molar-refractivity contribution < 1.29 is 40.2 Å². The maximum absolute atomic E-state index is 12.9. The molecule has 0 aliphatic heterocycles. The zero-order valence-electron chi connectivity index (χ0n) is 8.93.